The Bertz CT molecular complexity index is 256. The number of nitrogens with one attached hydrogen (secondary N) is 3. The SMILES string of the molecule is CCCNC(=O)C(C)NCC1CCC(=O)N1. The lowest BCUT2D eigenvalue weighted by molar-refractivity contribution is -0.122. The van der Waals surface area contributed by atoms with Crippen LogP contribution in [0.2, 0.25) is 0 Å². The van der Waals surface area contributed by atoms with Crippen LogP contribution < -0.4 is 16.0 Å². The summed E-state index contributed by atoms with van der Waals surface area (Å²) in [6.45, 7) is 5.23. The Morgan fingerprint density at radius 3 is 2.94 bits per heavy atom. The molecule has 0 aromatic rings. The molecule has 1 fully saturated rings. The number of amides is 2. The molecule has 5 nitrogen and oxygen atoms in total. The van der Waals surface area contributed by atoms with E-state index in [4.69, 9.17) is 0 Å². The highest BCUT2D eigenvalue weighted by atomic mass is 16.2. The van der Waals surface area contributed by atoms with Gasteiger partial charge in [-0.15, -0.1) is 0 Å². The number of hydrogen-bond donors (Lipinski definition) is 3. The molecule has 0 aromatic heterocycles. The van der Waals surface area contributed by atoms with E-state index >= 15 is 0 Å². The Balaban J connectivity index is 2.16. The lowest BCUT2D eigenvalue weighted by atomic mass is 10.2. The number of carbonyl (C=O) groups excluding carboxylic acids is 2. The van der Waals surface area contributed by atoms with Crippen molar-refractivity contribution in [1.82, 2.24) is 16.0 Å². The summed E-state index contributed by atoms with van der Waals surface area (Å²) in [6, 6.07) is -0.0297. The van der Waals surface area contributed by atoms with E-state index in [1.807, 2.05) is 13.8 Å². The van der Waals surface area contributed by atoms with Crippen molar-refractivity contribution in [2.45, 2.75) is 45.2 Å². The van der Waals surface area contributed by atoms with Crippen molar-refractivity contribution < 1.29 is 9.59 Å². The Labute approximate surface area is 96.4 Å². The Kier molecular flexibility index (Phi) is 5.25. The summed E-state index contributed by atoms with van der Waals surface area (Å²) in [4.78, 5) is 22.5. The van der Waals surface area contributed by atoms with Crippen LogP contribution >= 0.6 is 0 Å². The number of rotatable bonds is 6. The second-order valence-electron chi connectivity index (χ2n) is 4.22. The van der Waals surface area contributed by atoms with Gasteiger partial charge in [-0.1, -0.05) is 6.92 Å². The van der Waals surface area contributed by atoms with E-state index in [1.165, 1.54) is 0 Å². The normalized spacial score (nSPS) is 21.6. The van der Waals surface area contributed by atoms with Gasteiger partial charge in [-0.25, -0.2) is 0 Å². The highest BCUT2D eigenvalue weighted by Crippen LogP contribution is 2.05. The summed E-state index contributed by atoms with van der Waals surface area (Å²) in [5.74, 6) is 0.126. The van der Waals surface area contributed by atoms with Crippen LogP contribution in [-0.2, 0) is 9.59 Å². The average Bonchev–Trinajstić information content (AvgIpc) is 2.68. The highest BCUT2D eigenvalue weighted by Gasteiger charge is 2.21. The van der Waals surface area contributed by atoms with Gasteiger partial charge >= 0.3 is 0 Å². The standard InChI is InChI=1S/C11H21N3O2/c1-3-6-12-11(16)8(2)13-7-9-4-5-10(15)14-9/h8-9,13H,3-7H2,1-2H3,(H,12,16)(H,14,15). The molecule has 1 heterocycles. The molecule has 0 aromatic carbocycles. The Hall–Kier alpha value is -1.10. The van der Waals surface area contributed by atoms with Crippen molar-refractivity contribution in [3.05, 3.63) is 0 Å². The number of hydrogen-bond acceptors (Lipinski definition) is 3. The average molecular weight is 227 g/mol. The van der Waals surface area contributed by atoms with E-state index in [2.05, 4.69) is 16.0 Å². The molecule has 0 saturated carbocycles. The van der Waals surface area contributed by atoms with Crippen LogP contribution in [0.5, 0.6) is 0 Å². The lowest BCUT2D eigenvalue weighted by Gasteiger charge is -2.16. The first kappa shape index (κ1) is 13.0. The van der Waals surface area contributed by atoms with Gasteiger partial charge in [-0.2, -0.15) is 0 Å². The zero-order chi connectivity index (χ0) is 12.0. The van der Waals surface area contributed by atoms with E-state index in [9.17, 15) is 9.59 Å². The first-order valence-corrected chi connectivity index (χ1v) is 5.94. The van der Waals surface area contributed by atoms with Crippen molar-refractivity contribution in [2.24, 2.45) is 0 Å². The van der Waals surface area contributed by atoms with Gasteiger partial charge in [0.2, 0.25) is 11.8 Å². The summed E-state index contributed by atoms with van der Waals surface area (Å²) in [7, 11) is 0. The predicted octanol–water partition coefficient (Wildman–Crippen LogP) is -0.231. The van der Waals surface area contributed by atoms with E-state index < -0.39 is 0 Å². The molecule has 1 aliphatic rings. The van der Waals surface area contributed by atoms with Crippen molar-refractivity contribution in [3.8, 4) is 0 Å². The third kappa shape index (κ3) is 4.18. The second kappa shape index (κ2) is 6.48. The fourth-order valence-corrected chi connectivity index (χ4v) is 1.64. The van der Waals surface area contributed by atoms with E-state index in [-0.39, 0.29) is 23.9 Å². The van der Waals surface area contributed by atoms with Crippen molar-refractivity contribution in [1.29, 1.82) is 0 Å². The molecule has 92 valence electrons. The molecule has 1 rings (SSSR count). The monoisotopic (exact) mass is 227 g/mol. The van der Waals surface area contributed by atoms with Crippen LogP contribution in [0, 0.1) is 0 Å². The third-order valence-corrected chi connectivity index (χ3v) is 2.70. The van der Waals surface area contributed by atoms with Crippen molar-refractivity contribution in [2.75, 3.05) is 13.1 Å². The molecule has 3 N–H and O–H groups in total. The largest absolute Gasteiger partial charge is 0.355 e. The molecule has 2 amide bonds. The lowest BCUT2D eigenvalue weighted by Crippen LogP contribution is -2.46. The molecular weight excluding hydrogens is 206 g/mol. The summed E-state index contributed by atoms with van der Waals surface area (Å²) < 4.78 is 0. The van der Waals surface area contributed by atoms with Crippen molar-refractivity contribution in [3.63, 3.8) is 0 Å². The van der Waals surface area contributed by atoms with Crippen molar-refractivity contribution >= 4 is 11.8 Å². The van der Waals surface area contributed by atoms with Gasteiger partial charge in [0.1, 0.15) is 0 Å². The van der Waals surface area contributed by atoms with E-state index in [0.29, 0.717) is 19.5 Å². The van der Waals surface area contributed by atoms with Crippen LogP contribution in [0.15, 0.2) is 0 Å². The van der Waals surface area contributed by atoms with Crippen LogP contribution in [-0.4, -0.2) is 37.0 Å². The van der Waals surface area contributed by atoms with E-state index in [0.717, 1.165) is 12.8 Å². The van der Waals surface area contributed by atoms with E-state index in [1.54, 1.807) is 0 Å². The zero-order valence-corrected chi connectivity index (χ0v) is 10.0. The van der Waals surface area contributed by atoms with Crippen LogP contribution in [0.4, 0.5) is 0 Å². The van der Waals surface area contributed by atoms with Crippen LogP contribution in [0.3, 0.4) is 0 Å². The Morgan fingerprint density at radius 2 is 2.38 bits per heavy atom. The molecule has 2 unspecified atom stereocenters. The summed E-state index contributed by atoms with van der Waals surface area (Å²) in [6.07, 6.45) is 2.40. The summed E-state index contributed by atoms with van der Waals surface area (Å²) in [5, 5.41) is 8.81. The third-order valence-electron chi connectivity index (χ3n) is 2.70. The van der Waals surface area contributed by atoms with Gasteiger partial charge < -0.3 is 16.0 Å². The fourth-order valence-electron chi connectivity index (χ4n) is 1.64. The Morgan fingerprint density at radius 1 is 1.62 bits per heavy atom. The minimum atomic E-state index is -0.205. The first-order valence-electron chi connectivity index (χ1n) is 5.94. The maximum Gasteiger partial charge on any atom is 0.236 e. The molecule has 0 radical (unpaired) electrons. The molecule has 0 spiro atoms. The predicted molar refractivity (Wildman–Crippen MR) is 61.9 cm³/mol. The molecule has 1 aliphatic heterocycles. The molecule has 2 atom stereocenters. The second-order valence-corrected chi connectivity index (χ2v) is 4.22. The summed E-state index contributed by atoms with van der Waals surface area (Å²) in [5.41, 5.74) is 0. The zero-order valence-electron chi connectivity index (χ0n) is 10.0. The quantitative estimate of drug-likeness (QED) is 0.587. The van der Waals surface area contributed by atoms with Crippen LogP contribution in [0.25, 0.3) is 0 Å². The molecule has 5 heteroatoms. The molecule has 0 bridgehead atoms. The van der Waals surface area contributed by atoms with Gasteiger partial charge in [0.25, 0.3) is 0 Å². The summed E-state index contributed by atoms with van der Waals surface area (Å²) >= 11 is 0. The van der Waals surface area contributed by atoms with Crippen LogP contribution in [0.1, 0.15) is 33.1 Å². The van der Waals surface area contributed by atoms with Gasteiger partial charge in [0, 0.05) is 25.6 Å². The van der Waals surface area contributed by atoms with Gasteiger partial charge in [0.15, 0.2) is 0 Å². The molecule has 1 saturated heterocycles. The van der Waals surface area contributed by atoms with Gasteiger partial charge in [-0.3, -0.25) is 9.59 Å². The topological polar surface area (TPSA) is 70.2 Å². The smallest absolute Gasteiger partial charge is 0.236 e. The maximum atomic E-state index is 11.5. The van der Waals surface area contributed by atoms with Gasteiger partial charge in [-0.05, 0) is 19.8 Å². The molecule has 0 aliphatic carbocycles. The number of carbonyl (C=O) groups is 2. The minimum absolute atomic E-state index is 0.0196. The fraction of sp³-hybridized carbons (Fsp3) is 0.818. The minimum Gasteiger partial charge on any atom is -0.355 e. The van der Waals surface area contributed by atoms with Gasteiger partial charge in [0.05, 0.1) is 6.04 Å². The maximum absolute atomic E-state index is 11.5. The first-order chi connectivity index (χ1) is 7.63. The molecular formula is C11H21N3O2. The molecule has 16 heavy (non-hydrogen) atoms. The highest BCUT2D eigenvalue weighted by molar-refractivity contribution is 5.81.